The van der Waals surface area contributed by atoms with Crippen molar-refractivity contribution in [1.29, 1.82) is 0 Å². The number of fused-ring (bicyclic) bond motifs is 1. The molecule has 0 saturated heterocycles. The van der Waals surface area contributed by atoms with E-state index in [0.717, 1.165) is 22.6 Å². The lowest BCUT2D eigenvalue weighted by molar-refractivity contribution is 1.07. The third-order valence-electron chi connectivity index (χ3n) is 2.93. The molecule has 3 aromatic heterocycles. The second-order valence-electron chi connectivity index (χ2n) is 4.22. The van der Waals surface area contributed by atoms with Crippen molar-refractivity contribution in [1.82, 2.24) is 14.4 Å². The Morgan fingerprint density at radius 2 is 2.17 bits per heavy atom. The van der Waals surface area contributed by atoms with Gasteiger partial charge in [0, 0.05) is 24.2 Å². The van der Waals surface area contributed by atoms with E-state index in [4.69, 9.17) is 11.6 Å². The van der Waals surface area contributed by atoms with Crippen LogP contribution in [-0.2, 0) is 5.88 Å². The third kappa shape index (κ3) is 1.77. The zero-order valence-electron chi connectivity index (χ0n) is 9.97. The molecule has 0 N–H and O–H groups in total. The van der Waals surface area contributed by atoms with Gasteiger partial charge >= 0.3 is 0 Å². The molecule has 0 aliphatic carbocycles. The average Bonchev–Trinajstić information content (AvgIpc) is 2.77. The van der Waals surface area contributed by atoms with Gasteiger partial charge in [-0.1, -0.05) is 6.07 Å². The monoisotopic (exact) mass is 257 g/mol. The highest BCUT2D eigenvalue weighted by molar-refractivity contribution is 6.17. The molecule has 3 rings (SSSR count). The van der Waals surface area contributed by atoms with Crippen molar-refractivity contribution in [2.24, 2.45) is 0 Å². The van der Waals surface area contributed by atoms with Gasteiger partial charge in [-0.15, -0.1) is 11.6 Å². The van der Waals surface area contributed by atoms with Crippen LogP contribution in [0.4, 0.5) is 0 Å². The van der Waals surface area contributed by atoms with Crippen molar-refractivity contribution >= 4 is 17.2 Å². The number of alkyl halides is 1. The fourth-order valence-corrected chi connectivity index (χ4v) is 2.32. The summed E-state index contributed by atoms with van der Waals surface area (Å²) in [4.78, 5) is 8.77. The molecule has 0 bridgehead atoms. The van der Waals surface area contributed by atoms with Crippen LogP contribution < -0.4 is 0 Å². The molecule has 0 spiro atoms. The molecule has 3 heterocycles. The smallest absolute Gasteiger partial charge is 0.137 e. The number of halogens is 1. The van der Waals surface area contributed by atoms with Crippen LogP contribution in [0.25, 0.3) is 16.9 Å². The number of pyridine rings is 2. The molecule has 0 radical (unpaired) electrons. The summed E-state index contributed by atoms with van der Waals surface area (Å²) in [5.74, 6) is 0.425. The molecule has 90 valence electrons. The van der Waals surface area contributed by atoms with Gasteiger partial charge in [0.05, 0.1) is 17.3 Å². The zero-order valence-corrected chi connectivity index (χ0v) is 10.7. The Morgan fingerprint density at radius 1 is 1.28 bits per heavy atom. The van der Waals surface area contributed by atoms with E-state index >= 15 is 0 Å². The molecule has 0 amide bonds. The van der Waals surface area contributed by atoms with Gasteiger partial charge < -0.3 is 4.40 Å². The lowest BCUT2D eigenvalue weighted by atomic mass is 10.2. The van der Waals surface area contributed by atoms with Gasteiger partial charge in [-0.25, -0.2) is 4.98 Å². The zero-order chi connectivity index (χ0) is 12.5. The van der Waals surface area contributed by atoms with Crippen LogP contribution in [0.2, 0.25) is 0 Å². The SMILES string of the molecule is Cc1ccc2nc(-c3cccnc3)c(CCl)n2c1. The Bertz CT molecular complexity index is 689. The Kier molecular flexibility index (Phi) is 2.76. The maximum absolute atomic E-state index is 6.07. The molecule has 0 unspecified atom stereocenters. The fraction of sp³-hybridized carbons (Fsp3) is 0.143. The van der Waals surface area contributed by atoms with Crippen LogP contribution in [0, 0.1) is 6.92 Å². The average molecular weight is 258 g/mol. The molecular formula is C14H12ClN3. The van der Waals surface area contributed by atoms with E-state index in [0.29, 0.717) is 5.88 Å². The van der Waals surface area contributed by atoms with E-state index in [9.17, 15) is 0 Å². The Hall–Kier alpha value is -1.87. The molecule has 0 aliphatic heterocycles. The first-order valence-corrected chi connectivity index (χ1v) is 6.27. The second-order valence-corrected chi connectivity index (χ2v) is 4.48. The van der Waals surface area contributed by atoms with E-state index in [2.05, 4.69) is 23.1 Å². The minimum Gasteiger partial charge on any atom is -0.302 e. The summed E-state index contributed by atoms with van der Waals surface area (Å²) in [6.07, 6.45) is 5.62. The maximum atomic E-state index is 6.07. The molecule has 3 nitrogen and oxygen atoms in total. The quantitative estimate of drug-likeness (QED) is 0.659. The van der Waals surface area contributed by atoms with E-state index < -0.39 is 0 Å². The summed E-state index contributed by atoms with van der Waals surface area (Å²) in [5.41, 5.74) is 5.00. The summed E-state index contributed by atoms with van der Waals surface area (Å²) in [7, 11) is 0. The van der Waals surface area contributed by atoms with Crippen LogP contribution in [-0.4, -0.2) is 14.4 Å². The number of hydrogen-bond donors (Lipinski definition) is 0. The highest BCUT2D eigenvalue weighted by atomic mass is 35.5. The normalized spacial score (nSPS) is 11.0. The standard InChI is InChI=1S/C14H12ClN3/c1-10-4-5-13-17-14(11-3-2-6-16-8-11)12(7-15)18(13)9-10/h2-6,8-9H,7H2,1H3. The summed E-state index contributed by atoms with van der Waals surface area (Å²) in [5, 5.41) is 0. The van der Waals surface area contributed by atoms with Crippen molar-refractivity contribution in [3.05, 3.63) is 54.1 Å². The first-order chi connectivity index (χ1) is 8.79. The van der Waals surface area contributed by atoms with Gasteiger partial charge in [0.1, 0.15) is 5.65 Å². The maximum Gasteiger partial charge on any atom is 0.137 e. The van der Waals surface area contributed by atoms with Crippen molar-refractivity contribution in [3.8, 4) is 11.3 Å². The number of imidazole rings is 1. The van der Waals surface area contributed by atoms with Crippen LogP contribution in [0.5, 0.6) is 0 Å². The van der Waals surface area contributed by atoms with E-state index in [-0.39, 0.29) is 0 Å². The lowest BCUT2D eigenvalue weighted by Crippen LogP contribution is -1.92. The Balaban J connectivity index is 2.30. The van der Waals surface area contributed by atoms with Gasteiger partial charge in [0.2, 0.25) is 0 Å². The van der Waals surface area contributed by atoms with Gasteiger partial charge in [0.15, 0.2) is 0 Å². The van der Waals surface area contributed by atoms with E-state index in [1.165, 1.54) is 5.56 Å². The molecule has 0 atom stereocenters. The fourth-order valence-electron chi connectivity index (χ4n) is 2.06. The molecule has 0 saturated carbocycles. The number of hydrogen-bond acceptors (Lipinski definition) is 2. The number of nitrogens with zero attached hydrogens (tertiary/aromatic N) is 3. The number of rotatable bonds is 2. The van der Waals surface area contributed by atoms with E-state index in [1.807, 2.05) is 34.9 Å². The van der Waals surface area contributed by atoms with E-state index in [1.54, 1.807) is 6.20 Å². The third-order valence-corrected chi connectivity index (χ3v) is 3.18. The lowest BCUT2D eigenvalue weighted by Gasteiger charge is -2.01. The summed E-state index contributed by atoms with van der Waals surface area (Å²) < 4.78 is 2.05. The predicted octanol–water partition coefficient (Wildman–Crippen LogP) is 3.44. The van der Waals surface area contributed by atoms with Crippen LogP contribution in [0.3, 0.4) is 0 Å². The van der Waals surface area contributed by atoms with Crippen LogP contribution in [0.15, 0.2) is 42.9 Å². The molecule has 18 heavy (non-hydrogen) atoms. The van der Waals surface area contributed by atoms with Crippen molar-refractivity contribution in [2.75, 3.05) is 0 Å². The van der Waals surface area contributed by atoms with Crippen LogP contribution >= 0.6 is 11.6 Å². The predicted molar refractivity (Wildman–Crippen MR) is 72.7 cm³/mol. The van der Waals surface area contributed by atoms with Crippen molar-refractivity contribution in [2.45, 2.75) is 12.8 Å². The van der Waals surface area contributed by atoms with Crippen LogP contribution in [0.1, 0.15) is 11.3 Å². The molecule has 4 heteroatoms. The second kappa shape index (κ2) is 4.42. The molecule has 0 aliphatic rings. The number of aromatic nitrogens is 3. The number of aryl methyl sites for hydroxylation is 1. The molecular weight excluding hydrogens is 246 g/mol. The Labute approximate surface area is 110 Å². The van der Waals surface area contributed by atoms with Gasteiger partial charge in [0.25, 0.3) is 0 Å². The summed E-state index contributed by atoms with van der Waals surface area (Å²) in [6.45, 7) is 2.06. The highest BCUT2D eigenvalue weighted by Crippen LogP contribution is 2.25. The van der Waals surface area contributed by atoms with Gasteiger partial charge in [-0.3, -0.25) is 4.98 Å². The molecule has 3 aromatic rings. The van der Waals surface area contributed by atoms with Crippen molar-refractivity contribution in [3.63, 3.8) is 0 Å². The van der Waals surface area contributed by atoms with Gasteiger partial charge in [-0.05, 0) is 30.7 Å². The summed E-state index contributed by atoms with van der Waals surface area (Å²) in [6, 6.07) is 7.96. The van der Waals surface area contributed by atoms with Gasteiger partial charge in [-0.2, -0.15) is 0 Å². The molecule has 0 aromatic carbocycles. The topological polar surface area (TPSA) is 30.2 Å². The minimum absolute atomic E-state index is 0.425. The first kappa shape index (κ1) is 11.2. The van der Waals surface area contributed by atoms with Crippen molar-refractivity contribution < 1.29 is 0 Å². The largest absolute Gasteiger partial charge is 0.302 e. The Morgan fingerprint density at radius 3 is 2.89 bits per heavy atom. The molecule has 0 fully saturated rings. The first-order valence-electron chi connectivity index (χ1n) is 5.73. The summed E-state index contributed by atoms with van der Waals surface area (Å²) >= 11 is 6.07. The highest BCUT2D eigenvalue weighted by Gasteiger charge is 2.12. The minimum atomic E-state index is 0.425.